The summed E-state index contributed by atoms with van der Waals surface area (Å²) >= 11 is 3.37. The summed E-state index contributed by atoms with van der Waals surface area (Å²) in [5.41, 5.74) is 1.10. The molecule has 0 aliphatic heterocycles. The zero-order valence-electron chi connectivity index (χ0n) is 10.8. The Balaban J connectivity index is 1.85. The Morgan fingerprint density at radius 2 is 2.32 bits per heavy atom. The summed E-state index contributed by atoms with van der Waals surface area (Å²) in [5, 5.41) is 7.45. The standard InChI is InChI=1S/C13H15N3OS2/c1-14-10(12-11(17-2)3-5-18-12)7-9-8-16-4-6-19-13(16)15-9/h3-6,8,10,14H,7H2,1-2H3. The maximum absolute atomic E-state index is 5.40. The molecule has 4 nitrogen and oxygen atoms in total. The molecule has 0 radical (unpaired) electrons. The second kappa shape index (κ2) is 5.32. The fraction of sp³-hybridized carbons (Fsp3) is 0.308. The first kappa shape index (κ1) is 12.7. The molecule has 19 heavy (non-hydrogen) atoms. The smallest absolute Gasteiger partial charge is 0.193 e. The molecule has 1 N–H and O–H groups in total. The predicted molar refractivity (Wildman–Crippen MR) is 79.4 cm³/mol. The van der Waals surface area contributed by atoms with E-state index in [2.05, 4.69) is 26.3 Å². The molecule has 0 fully saturated rings. The van der Waals surface area contributed by atoms with E-state index in [-0.39, 0.29) is 6.04 Å². The van der Waals surface area contributed by atoms with E-state index in [1.54, 1.807) is 29.8 Å². The van der Waals surface area contributed by atoms with Crippen molar-refractivity contribution in [3.63, 3.8) is 0 Å². The minimum atomic E-state index is 0.236. The van der Waals surface area contributed by atoms with Gasteiger partial charge < -0.3 is 10.1 Å². The Kier molecular flexibility index (Phi) is 3.54. The third kappa shape index (κ3) is 2.39. The zero-order valence-corrected chi connectivity index (χ0v) is 12.4. The molecule has 3 heterocycles. The number of nitrogens with zero attached hydrogens (tertiary/aromatic N) is 2. The molecule has 3 rings (SSSR count). The van der Waals surface area contributed by atoms with Gasteiger partial charge in [-0.15, -0.1) is 22.7 Å². The fourth-order valence-electron chi connectivity index (χ4n) is 2.14. The summed E-state index contributed by atoms with van der Waals surface area (Å²) in [5.74, 6) is 0.949. The van der Waals surface area contributed by atoms with E-state index in [0.29, 0.717) is 0 Å². The van der Waals surface area contributed by atoms with Crippen LogP contribution in [0.3, 0.4) is 0 Å². The van der Waals surface area contributed by atoms with Crippen molar-refractivity contribution in [2.75, 3.05) is 14.2 Å². The predicted octanol–water partition coefficient (Wildman–Crippen LogP) is 2.97. The Hall–Kier alpha value is -1.37. The van der Waals surface area contributed by atoms with Crippen molar-refractivity contribution in [3.8, 4) is 5.75 Å². The lowest BCUT2D eigenvalue weighted by Gasteiger charge is -2.14. The highest BCUT2D eigenvalue weighted by Gasteiger charge is 2.18. The summed E-state index contributed by atoms with van der Waals surface area (Å²) in [6, 6.07) is 2.25. The van der Waals surface area contributed by atoms with Crippen LogP contribution >= 0.6 is 22.7 Å². The normalized spacial score (nSPS) is 12.9. The van der Waals surface area contributed by atoms with Crippen molar-refractivity contribution >= 4 is 27.6 Å². The van der Waals surface area contributed by atoms with E-state index in [9.17, 15) is 0 Å². The van der Waals surface area contributed by atoms with Crippen molar-refractivity contribution in [2.45, 2.75) is 12.5 Å². The number of ether oxygens (including phenoxy) is 1. The van der Waals surface area contributed by atoms with Gasteiger partial charge in [-0.3, -0.25) is 4.40 Å². The highest BCUT2D eigenvalue weighted by Crippen LogP contribution is 2.32. The molecule has 0 aliphatic rings. The summed E-state index contributed by atoms with van der Waals surface area (Å²) in [6.45, 7) is 0. The van der Waals surface area contributed by atoms with Gasteiger partial charge in [0, 0.05) is 24.2 Å². The lowest BCUT2D eigenvalue weighted by Crippen LogP contribution is -2.18. The lowest BCUT2D eigenvalue weighted by atomic mass is 10.1. The highest BCUT2D eigenvalue weighted by molar-refractivity contribution is 7.15. The Morgan fingerprint density at radius 3 is 3.05 bits per heavy atom. The van der Waals surface area contributed by atoms with Crippen molar-refractivity contribution in [2.24, 2.45) is 0 Å². The van der Waals surface area contributed by atoms with Crippen LogP contribution in [0.2, 0.25) is 0 Å². The van der Waals surface area contributed by atoms with Gasteiger partial charge in [0.15, 0.2) is 4.96 Å². The number of hydrogen-bond acceptors (Lipinski definition) is 5. The van der Waals surface area contributed by atoms with E-state index in [1.807, 2.05) is 24.7 Å². The molecule has 0 bridgehead atoms. The fourth-order valence-corrected chi connectivity index (χ4v) is 3.83. The van der Waals surface area contributed by atoms with Crippen molar-refractivity contribution in [1.82, 2.24) is 14.7 Å². The number of nitrogens with one attached hydrogen (secondary N) is 1. The number of thiophene rings is 1. The first-order chi connectivity index (χ1) is 9.31. The van der Waals surface area contributed by atoms with Crippen LogP contribution in [0, 0.1) is 0 Å². The van der Waals surface area contributed by atoms with Crippen LogP contribution in [-0.2, 0) is 6.42 Å². The second-order valence-electron chi connectivity index (χ2n) is 4.22. The van der Waals surface area contributed by atoms with Crippen LogP contribution in [-0.4, -0.2) is 23.5 Å². The number of likely N-dealkylation sites (N-methyl/N-ethyl adjacent to an activating group) is 1. The Morgan fingerprint density at radius 1 is 1.42 bits per heavy atom. The minimum absolute atomic E-state index is 0.236. The molecule has 3 aromatic heterocycles. The number of imidazole rings is 1. The molecule has 3 aromatic rings. The second-order valence-corrected chi connectivity index (χ2v) is 6.04. The number of aromatic nitrogens is 2. The van der Waals surface area contributed by atoms with E-state index in [0.717, 1.165) is 22.8 Å². The lowest BCUT2D eigenvalue weighted by molar-refractivity contribution is 0.405. The number of methoxy groups -OCH3 is 1. The zero-order chi connectivity index (χ0) is 13.2. The SMILES string of the molecule is CNC(Cc1cn2ccsc2n1)c1sccc1OC. The maximum Gasteiger partial charge on any atom is 0.193 e. The summed E-state index contributed by atoms with van der Waals surface area (Å²) < 4.78 is 7.46. The monoisotopic (exact) mass is 293 g/mol. The van der Waals surface area contributed by atoms with Crippen molar-refractivity contribution in [3.05, 3.63) is 39.8 Å². The van der Waals surface area contributed by atoms with Crippen molar-refractivity contribution in [1.29, 1.82) is 0 Å². The van der Waals surface area contributed by atoms with Gasteiger partial charge in [-0.25, -0.2) is 4.98 Å². The average molecular weight is 293 g/mol. The van der Waals surface area contributed by atoms with Gasteiger partial charge in [-0.1, -0.05) is 0 Å². The molecular weight excluding hydrogens is 278 g/mol. The van der Waals surface area contributed by atoms with Gasteiger partial charge in [-0.2, -0.15) is 0 Å². The number of thiazole rings is 1. The molecule has 1 unspecified atom stereocenters. The first-order valence-electron chi connectivity index (χ1n) is 6.01. The molecule has 0 saturated carbocycles. The summed E-state index contributed by atoms with van der Waals surface area (Å²) in [4.78, 5) is 6.90. The molecule has 0 amide bonds. The topological polar surface area (TPSA) is 38.6 Å². The third-order valence-electron chi connectivity index (χ3n) is 3.10. The summed E-state index contributed by atoms with van der Waals surface area (Å²) in [7, 11) is 3.69. The molecule has 0 saturated heterocycles. The first-order valence-corrected chi connectivity index (χ1v) is 7.77. The number of fused-ring (bicyclic) bond motifs is 1. The van der Waals surface area contributed by atoms with Gasteiger partial charge in [0.05, 0.1) is 23.7 Å². The van der Waals surface area contributed by atoms with Crippen LogP contribution in [0.15, 0.2) is 29.2 Å². The Bertz CT molecular complexity index is 642. The number of hydrogen-bond donors (Lipinski definition) is 1. The molecule has 6 heteroatoms. The van der Waals surface area contributed by atoms with Crippen molar-refractivity contribution < 1.29 is 4.74 Å². The molecule has 0 aliphatic carbocycles. The van der Waals surface area contributed by atoms with Crippen LogP contribution in [0.4, 0.5) is 0 Å². The average Bonchev–Trinajstić information content (AvgIpc) is 3.10. The largest absolute Gasteiger partial charge is 0.496 e. The van der Waals surface area contributed by atoms with E-state index >= 15 is 0 Å². The molecule has 0 spiro atoms. The van der Waals surface area contributed by atoms with Gasteiger partial charge in [0.1, 0.15) is 5.75 Å². The molecule has 100 valence electrons. The number of rotatable bonds is 5. The van der Waals surface area contributed by atoms with Crippen LogP contribution in [0.1, 0.15) is 16.6 Å². The van der Waals surface area contributed by atoms with Crippen LogP contribution < -0.4 is 10.1 Å². The Labute approximate surface area is 119 Å². The van der Waals surface area contributed by atoms with Crippen LogP contribution in [0.5, 0.6) is 5.75 Å². The van der Waals surface area contributed by atoms with E-state index in [4.69, 9.17) is 4.74 Å². The van der Waals surface area contributed by atoms with Crippen LogP contribution in [0.25, 0.3) is 4.96 Å². The molecular formula is C13H15N3OS2. The van der Waals surface area contributed by atoms with Gasteiger partial charge in [-0.05, 0) is 18.5 Å². The summed E-state index contributed by atoms with van der Waals surface area (Å²) in [6.07, 6.45) is 4.99. The molecule has 0 aromatic carbocycles. The third-order valence-corrected chi connectivity index (χ3v) is 4.88. The quantitative estimate of drug-likeness (QED) is 0.786. The van der Waals surface area contributed by atoms with Gasteiger partial charge >= 0.3 is 0 Å². The van der Waals surface area contributed by atoms with Gasteiger partial charge in [0.25, 0.3) is 0 Å². The maximum atomic E-state index is 5.40. The highest BCUT2D eigenvalue weighted by atomic mass is 32.1. The van der Waals surface area contributed by atoms with E-state index < -0.39 is 0 Å². The van der Waals surface area contributed by atoms with E-state index in [1.165, 1.54) is 4.88 Å². The van der Waals surface area contributed by atoms with Gasteiger partial charge in [0.2, 0.25) is 0 Å². The minimum Gasteiger partial charge on any atom is -0.496 e. The molecule has 1 atom stereocenters.